The number of unbranched alkanes of at least 4 members (excludes halogenated alkanes) is 2. The summed E-state index contributed by atoms with van der Waals surface area (Å²) in [5, 5.41) is 0. The van der Waals surface area contributed by atoms with Crippen molar-refractivity contribution in [3.8, 4) is 0 Å². The van der Waals surface area contributed by atoms with Crippen molar-refractivity contribution in [1.82, 2.24) is 4.90 Å². The summed E-state index contributed by atoms with van der Waals surface area (Å²) in [6.45, 7) is 3.20. The highest BCUT2D eigenvalue weighted by atomic mass is 35.5. The van der Waals surface area contributed by atoms with E-state index in [4.69, 9.17) is 5.73 Å². The minimum atomic E-state index is -3.24. The molecule has 0 spiro atoms. The van der Waals surface area contributed by atoms with Crippen LogP contribution in [0.4, 0.5) is 0 Å². The Kier molecular flexibility index (Phi) is 8.61. The lowest BCUT2D eigenvalue weighted by atomic mass is 10.1. The van der Waals surface area contributed by atoms with Gasteiger partial charge in [0.25, 0.3) is 0 Å². The quantitative estimate of drug-likeness (QED) is 0.741. The summed E-state index contributed by atoms with van der Waals surface area (Å²) >= 11 is 0. The number of carbonyl (C=O) groups excluding carboxylic acids is 1. The molecule has 0 aliphatic carbocycles. The molecule has 0 aromatic rings. The van der Waals surface area contributed by atoms with Crippen LogP contribution >= 0.6 is 12.4 Å². The zero-order valence-corrected chi connectivity index (χ0v) is 13.1. The molecule has 0 bridgehead atoms. The van der Waals surface area contributed by atoms with E-state index in [2.05, 4.69) is 0 Å². The molecule has 0 atom stereocenters. The normalized spacial score (nSPS) is 17.1. The van der Waals surface area contributed by atoms with Crippen LogP contribution in [0.2, 0.25) is 0 Å². The first kappa shape index (κ1) is 18.7. The Morgan fingerprint density at radius 2 is 1.84 bits per heavy atom. The largest absolute Gasteiger partial charge is 0.342 e. The lowest BCUT2D eigenvalue weighted by Crippen LogP contribution is -2.45. The predicted molar refractivity (Wildman–Crippen MR) is 79.2 cm³/mol. The average Bonchev–Trinajstić information content (AvgIpc) is 2.29. The van der Waals surface area contributed by atoms with Crippen LogP contribution in [-0.2, 0) is 14.6 Å². The SMILES string of the molecule is CCCCCS(=O)(=O)CC(=O)N1CCC(N)CC1.Cl. The van der Waals surface area contributed by atoms with Crippen LogP contribution < -0.4 is 5.73 Å². The maximum Gasteiger partial charge on any atom is 0.237 e. The van der Waals surface area contributed by atoms with E-state index in [0.717, 1.165) is 25.7 Å². The van der Waals surface area contributed by atoms with E-state index in [0.29, 0.717) is 19.5 Å². The van der Waals surface area contributed by atoms with Gasteiger partial charge in [-0.15, -0.1) is 12.4 Å². The van der Waals surface area contributed by atoms with Gasteiger partial charge >= 0.3 is 0 Å². The summed E-state index contributed by atoms with van der Waals surface area (Å²) in [5.74, 6) is -0.482. The first-order valence-corrected chi connectivity index (χ1v) is 8.50. The van der Waals surface area contributed by atoms with Gasteiger partial charge in [0, 0.05) is 19.1 Å². The minimum Gasteiger partial charge on any atom is -0.342 e. The predicted octanol–water partition coefficient (Wildman–Crippen LogP) is 0.963. The third kappa shape index (κ3) is 7.13. The number of hydrogen-bond donors (Lipinski definition) is 1. The number of likely N-dealkylation sites (tertiary alicyclic amines) is 1. The highest BCUT2D eigenvalue weighted by Gasteiger charge is 2.24. The third-order valence-corrected chi connectivity index (χ3v) is 4.89. The molecule has 2 N–H and O–H groups in total. The van der Waals surface area contributed by atoms with E-state index in [1.54, 1.807) is 4.90 Å². The van der Waals surface area contributed by atoms with Gasteiger partial charge in [0.1, 0.15) is 5.75 Å². The molecule has 114 valence electrons. The molecular weight excluding hydrogens is 288 g/mol. The summed E-state index contributed by atoms with van der Waals surface area (Å²) in [7, 11) is -3.24. The van der Waals surface area contributed by atoms with Gasteiger partial charge in [0.15, 0.2) is 9.84 Å². The second kappa shape index (κ2) is 8.76. The third-order valence-electron chi connectivity index (χ3n) is 3.29. The highest BCUT2D eigenvalue weighted by molar-refractivity contribution is 7.92. The van der Waals surface area contributed by atoms with Crippen LogP contribution in [0.1, 0.15) is 39.0 Å². The molecule has 5 nitrogen and oxygen atoms in total. The molecule has 1 rings (SSSR count). The molecule has 7 heteroatoms. The van der Waals surface area contributed by atoms with Crippen LogP contribution in [0.25, 0.3) is 0 Å². The topological polar surface area (TPSA) is 80.5 Å². The molecule has 1 fully saturated rings. The Labute approximate surface area is 122 Å². The van der Waals surface area contributed by atoms with Gasteiger partial charge in [-0.3, -0.25) is 4.79 Å². The molecule has 1 aliphatic rings. The van der Waals surface area contributed by atoms with E-state index < -0.39 is 9.84 Å². The summed E-state index contributed by atoms with van der Waals surface area (Å²) in [6, 6.07) is 0.148. The van der Waals surface area contributed by atoms with Gasteiger partial charge < -0.3 is 10.6 Å². The second-order valence-electron chi connectivity index (χ2n) is 5.02. The van der Waals surface area contributed by atoms with Gasteiger partial charge in [-0.05, 0) is 19.3 Å². The second-order valence-corrected chi connectivity index (χ2v) is 7.20. The van der Waals surface area contributed by atoms with Crippen LogP contribution in [0.15, 0.2) is 0 Å². The van der Waals surface area contributed by atoms with Gasteiger partial charge in [0.2, 0.25) is 5.91 Å². The summed E-state index contributed by atoms with van der Waals surface area (Å²) < 4.78 is 23.5. The van der Waals surface area contributed by atoms with E-state index in [1.807, 2.05) is 6.92 Å². The molecule has 1 amide bonds. The zero-order valence-electron chi connectivity index (χ0n) is 11.5. The molecule has 0 aromatic heterocycles. The number of rotatable bonds is 6. The smallest absolute Gasteiger partial charge is 0.237 e. The maximum atomic E-state index is 11.9. The monoisotopic (exact) mass is 312 g/mol. The number of nitrogens with zero attached hydrogens (tertiary/aromatic N) is 1. The minimum absolute atomic E-state index is 0. The van der Waals surface area contributed by atoms with E-state index in [9.17, 15) is 13.2 Å². The van der Waals surface area contributed by atoms with Crippen molar-refractivity contribution in [3.63, 3.8) is 0 Å². The van der Waals surface area contributed by atoms with Crippen LogP contribution in [0, 0.1) is 0 Å². The fraction of sp³-hybridized carbons (Fsp3) is 0.917. The Hall–Kier alpha value is -0.330. The van der Waals surface area contributed by atoms with Gasteiger partial charge in [-0.1, -0.05) is 19.8 Å². The van der Waals surface area contributed by atoms with Crippen molar-refractivity contribution in [2.75, 3.05) is 24.6 Å². The number of amides is 1. The van der Waals surface area contributed by atoms with Gasteiger partial charge in [0.05, 0.1) is 5.75 Å². The van der Waals surface area contributed by atoms with Crippen molar-refractivity contribution in [1.29, 1.82) is 0 Å². The lowest BCUT2D eigenvalue weighted by Gasteiger charge is -2.30. The summed E-state index contributed by atoms with van der Waals surface area (Å²) in [6.07, 6.45) is 4.06. The number of halogens is 1. The standard InChI is InChI=1S/C12H24N2O3S.ClH/c1-2-3-4-9-18(16,17)10-12(15)14-7-5-11(13)6-8-14;/h11H,2-10,13H2,1H3;1H. The Bertz CT molecular complexity index is 365. The van der Waals surface area contributed by atoms with Crippen molar-refractivity contribution in [3.05, 3.63) is 0 Å². The molecule has 0 radical (unpaired) electrons. The number of sulfone groups is 1. The number of nitrogens with two attached hydrogens (primary N) is 1. The Balaban J connectivity index is 0.00000324. The van der Waals surface area contributed by atoms with Gasteiger partial charge in [-0.25, -0.2) is 8.42 Å². The molecule has 1 aliphatic heterocycles. The lowest BCUT2D eigenvalue weighted by molar-refractivity contribution is -0.129. The molecule has 0 unspecified atom stereocenters. The number of piperidine rings is 1. The molecule has 1 heterocycles. The molecule has 1 saturated heterocycles. The van der Waals surface area contributed by atoms with Crippen LogP contribution in [0.5, 0.6) is 0 Å². The molecular formula is C12H25ClN2O3S. The fourth-order valence-electron chi connectivity index (χ4n) is 2.07. The van der Waals surface area contributed by atoms with Crippen molar-refractivity contribution < 1.29 is 13.2 Å². The van der Waals surface area contributed by atoms with Gasteiger partial charge in [-0.2, -0.15) is 0 Å². The van der Waals surface area contributed by atoms with E-state index >= 15 is 0 Å². The highest BCUT2D eigenvalue weighted by Crippen LogP contribution is 2.10. The average molecular weight is 313 g/mol. The summed E-state index contributed by atoms with van der Waals surface area (Å²) in [5.41, 5.74) is 5.75. The number of carbonyl (C=O) groups is 1. The van der Waals surface area contributed by atoms with Crippen LogP contribution in [-0.4, -0.2) is 49.9 Å². The first-order valence-electron chi connectivity index (χ1n) is 6.68. The molecule has 0 aromatic carbocycles. The fourth-order valence-corrected chi connectivity index (χ4v) is 3.42. The molecule has 19 heavy (non-hydrogen) atoms. The van der Waals surface area contributed by atoms with Crippen molar-refractivity contribution >= 4 is 28.2 Å². The number of hydrogen-bond acceptors (Lipinski definition) is 4. The van der Waals surface area contributed by atoms with E-state index in [-0.39, 0.29) is 35.9 Å². The zero-order chi connectivity index (χ0) is 13.6. The maximum absolute atomic E-state index is 11.9. The Morgan fingerprint density at radius 3 is 2.37 bits per heavy atom. The first-order chi connectivity index (χ1) is 8.44. The van der Waals surface area contributed by atoms with E-state index in [1.165, 1.54) is 0 Å². The van der Waals surface area contributed by atoms with Crippen LogP contribution in [0.3, 0.4) is 0 Å². The van der Waals surface area contributed by atoms with Crippen molar-refractivity contribution in [2.45, 2.75) is 45.1 Å². The molecule has 0 saturated carbocycles. The summed E-state index contributed by atoms with van der Waals surface area (Å²) in [4.78, 5) is 13.5. The Morgan fingerprint density at radius 1 is 1.26 bits per heavy atom. The van der Waals surface area contributed by atoms with Crippen molar-refractivity contribution in [2.24, 2.45) is 5.73 Å².